The van der Waals surface area contributed by atoms with Gasteiger partial charge in [-0.25, -0.2) is 8.42 Å². The molecular weight excluding hydrogens is 489 g/mol. The SMILES string of the molecule is CCCCOCCCNC(=NCCCS(=O)(=O)Cc1ccccc1)NCC.I. The maximum absolute atomic E-state index is 12.2. The van der Waals surface area contributed by atoms with Gasteiger partial charge in [-0.3, -0.25) is 4.99 Å². The van der Waals surface area contributed by atoms with Gasteiger partial charge in [0.25, 0.3) is 0 Å². The molecule has 1 rings (SSSR count). The molecular formula is C20H36IN3O3S. The minimum atomic E-state index is -3.10. The molecule has 1 aromatic rings. The summed E-state index contributed by atoms with van der Waals surface area (Å²) in [5.74, 6) is 0.968. The van der Waals surface area contributed by atoms with Crippen LogP contribution in [0.5, 0.6) is 0 Å². The fourth-order valence-corrected chi connectivity index (χ4v) is 3.86. The molecule has 0 amide bonds. The maximum atomic E-state index is 12.2. The van der Waals surface area contributed by atoms with Crippen LogP contribution in [0.3, 0.4) is 0 Å². The van der Waals surface area contributed by atoms with E-state index in [2.05, 4.69) is 22.5 Å². The van der Waals surface area contributed by atoms with E-state index >= 15 is 0 Å². The molecule has 0 spiro atoms. The van der Waals surface area contributed by atoms with E-state index in [4.69, 9.17) is 4.74 Å². The van der Waals surface area contributed by atoms with E-state index in [1.54, 1.807) is 0 Å². The number of benzene rings is 1. The van der Waals surface area contributed by atoms with Crippen LogP contribution in [0.25, 0.3) is 0 Å². The quantitative estimate of drug-likeness (QED) is 0.169. The molecule has 0 aliphatic carbocycles. The second-order valence-electron chi connectivity index (χ2n) is 6.44. The van der Waals surface area contributed by atoms with Gasteiger partial charge in [-0.1, -0.05) is 43.7 Å². The van der Waals surface area contributed by atoms with Crippen molar-refractivity contribution in [1.82, 2.24) is 10.6 Å². The Morgan fingerprint density at radius 2 is 1.75 bits per heavy atom. The minimum Gasteiger partial charge on any atom is -0.381 e. The zero-order chi connectivity index (χ0) is 19.8. The van der Waals surface area contributed by atoms with Gasteiger partial charge in [0.1, 0.15) is 0 Å². The fourth-order valence-electron chi connectivity index (χ4n) is 2.45. The van der Waals surface area contributed by atoms with Crippen molar-refractivity contribution in [3.05, 3.63) is 35.9 Å². The number of rotatable bonds is 14. The largest absolute Gasteiger partial charge is 0.381 e. The summed E-state index contributed by atoms with van der Waals surface area (Å²) in [4.78, 5) is 4.46. The van der Waals surface area contributed by atoms with Crippen molar-refractivity contribution in [2.45, 2.75) is 45.3 Å². The summed E-state index contributed by atoms with van der Waals surface area (Å²) in [6.07, 6.45) is 3.69. The van der Waals surface area contributed by atoms with Crippen LogP contribution in [0.1, 0.15) is 45.1 Å². The molecule has 0 saturated heterocycles. The molecule has 8 heteroatoms. The first-order chi connectivity index (χ1) is 13.1. The van der Waals surface area contributed by atoms with Gasteiger partial charge in [-0.2, -0.15) is 0 Å². The number of sulfone groups is 1. The molecule has 1 aromatic carbocycles. The number of aliphatic imine (C=N–C) groups is 1. The van der Waals surface area contributed by atoms with Crippen molar-refractivity contribution < 1.29 is 13.2 Å². The summed E-state index contributed by atoms with van der Waals surface area (Å²) < 4.78 is 29.9. The van der Waals surface area contributed by atoms with E-state index in [0.29, 0.717) is 13.0 Å². The Kier molecular flexibility index (Phi) is 16.5. The van der Waals surface area contributed by atoms with Crippen LogP contribution in [0, 0.1) is 0 Å². The van der Waals surface area contributed by atoms with Crippen molar-refractivity contribution >= 4 is 39.8 Å². The van der Waals surface area contributed by atoms with Gasteiger partial charge >= 0.3 is 0 Å². The summed E-state index contributed by atoms with van der Waals surface area (Å²) in [5.41, 5.74) is 0.831. The van der Waals surface area contributed by atoms with Gasteiger partial charge in [0.15, 0.2) is 15.8 Å². The van der Waals surface area contributed by atoms with Gasteiger partial charge < -0.3 is 15.4 Å². The van der Waals surface area contributed by atoms with Crippen LogP contribution in [-0.2, 0) is 20.3 Å². The van der Waals surface area contributed by atoms with Crippen LogP contribution in [0.4, 0.5) is 0 Å². The topological polar surface area (TPSA) is 79.8 Å². The van der Waals surface area contributed by atoms with E-state index in [-0.39, 0.29) is 35.5 Å². The lowest BCUT2D eigenvalue weighted by Crippen LogP contribution is -2.38. The number of hydrogen-bond donors (Lipinski definition) is 2. The van der Waals surface area contributed by atoms with Crippen molar-refractivity contribution in [2.24, 2.45) is 4.99 Å². The van der Waals surface area contributed by atoms with E-state index in [1.165, 1.54) is 0 Å². The van der Waals surface area contributed by atoms with E-state index < -0.39 is 9.84 Å². The Hall–Kier alpha value is -0.870. The molecule has 0 bridgehead atoms. The fraction of sp³-hybridized carbons (Fsp3) is 0.650. The Morgan fingerprint density at radius 3 is 2.43 bits per heavy atom. The van der Waals surface area contributed by atoms with Crippen LogP contribution in [0.15, 0.2) is 35.3 Å². The molecule has 28 heavy (non-hydrogen) atoms. The van der Waals surface area contributed by atoms with Crippen molar-refractivity contribution in [3.8, 4) is 0 Å². The lowest BCUT2D eigenvalue weighted by atomic mass is 10.2. The molecule has 0 aliphatic heterocycles. The van der Waals surface area contributed by atoms with Crippen LogP contribution < -0.4 is 10.6 Å². The smallest absolute Gasteiger partial charge is 0.191 e. The molecule has 0 saturated carbocycles. The highest BCUT2D eigenvalue weighted by molar-refractivity contribution is 14.0. The summed E-state index contributed by atoms with van der Waals surface area (Å²) in [6, 6.07) is 9.29. The maximum Gasteiger partial charge on any atom is 0.191 e. The normalized spacial score (nSPS) is 11.7. The van der Waals surface area contributed by atoms with Crippen LogP contribution in [0.2, 0.25) is 0 Å². The van der Waals surface area contributed by atoms with Gasteiger partial charge in [0.05, 0.1) is 11.5 Å². The first kappa shape index (κ1) is 27.1. The van der Waals surface area contributed by atoms with Crippen LogP contribution >= 0.6 is 24.0 Å². The highest BCUT2D eigenvalue weighted by Crippen LogP contribution is 2.07. The van der Waals surface area contributed by atoms with E-state index in [1.807, 2.05) is 37.3 Å². The van der Waals surface area contributed by atoms with Gasteiger partial charge in [0, 0.05) is 32.8 Å². The number of nitrogens with one attached hydrogen (secondary N) is 2. The monoisotopic (exact) mass is 525 g/mol. The Balaban J connectivity index is 0.00000729. The number of guanidine groups is 1. The summed E-state index contributed by atoms with van der Waals surface area (Å²) in [5, 5.41) is 6.44. The Morgan fingerprint density at radius 1 is 1.04 bits per heavy atom. The molecule has 0 atom stereocenters. The van der Waals surface area contributed by atoms with Crippen LogP contribution in [-0.4, -0.2) is 53.0 Å². The molecule has 0 aromatic heterocycles. The van der Waals surface area contributed by atoms with Crippen molar-refractivity contribution in [2.75, 3.05) is 38.6 Å². The zero-order valence-corrected chi connectivity index (χ0v) is 20.3. The molecule has 2 N–H and O–H groups in total. The van der Waals surface area contributed by atoms with Gasteiger partial charge in [-0.05, 0) is 31.7 Å². The number of halogens is 1. The standard InChI is InChI=1S/C20H35N3O3S.HI/c1-3-5-15-26-16-9-13-22-20(21-4-2)23-14-10-17-27(24,25)18-19-11-7-6-8-12-19;/h6-8,11-12H,3-5,9-10,13-18H2,1-2H3,(H2,21,22,23);1H. The highest BCUT2D eigenvalue weighted by atomic mass is 127. The predicted molar refractivity (Wildman–Crippen MR) is 128 cm³/mol. The molecule has 0 radical (unpaired) electrons. The van der Waals surface area contributed by atoms with Gasteiger partial charge in [-0.15, -0.1) is 24.0 Å². The average molecular weight is 525 g/mol. The van der Waals surface area contributed by atoms with Crippen molar-refractivity contribution in [3.63, 3.8) is 0 Å². The number of unbranched alkanes of at least 4 members (excludes halogenated alkanes) is 1. The third kappa shape index (κ3) is 14.2. The Labute approximate surface area is 187 Å². The molecule has 0 heterocycles. The van der Waals surface area contributed by atoms with E-state index in [0.717, 1.165) is 57.1 Å². The first-order valence-corrected chi connectivity index (χ1v) is 11.7. The van der Waals surface area contributed by atoms with Gasteiger partial charge in [0.2, 0.25) is 0 Å². The highest BCUT2D eigenvalue weighted by Gasteiger charge is 2.11. The number of nitrogens with zero attached hydrogens (tertiary/aromatic N) is 1. The van der Waals surface area contributed by atoms with Crippen molar-refractivity contribution in [1.29, 1.82) is 0 Å². The molecule has 162 valence electrons. The summed E-state index contributed by atoms with van der Waals surface area (Å²) in [6.45, 7) is 7.75. The summed E-state index contributed by atoms with van der Waals surface area (Å²) in [7, 11) is -3.10. The first-order valence-electron chi connectivity index (χ1n) is 9.91. The molecule has 6 nitrogen and oxygen atoms in total. The third-order valence-electron chi connectivity index (χ3n) is 3.86. The predicted octanol–water partition coefficient (Wildman–Crippen LogP) is 3.37. The summed E-state index contributed by atoms with van der Waals surface area (Å²) >= 11 is 0. The number of ether oxygens (including phenoxy) is 1. The van der Waals surface area contributed by atoms with E-state index in [9.17, 15) is 8.42 Å². The lowest BCUT2D eigenvalue weighted by molar-refractivity contribution is 0.129. The Bertz CT molecular complexity index is 625. The molecule has 0 fully saturated rings. The lowest BCUT2D eigenvalue weighted by Gasteiger charge is -2.11. The minimum absolute atomic E-state index is 0. The average Bonchev–Trinajstić information content (AvgIpc) is 2.64. The molecule has 0 aliphatic rings. The second kappa shape index (κ2) is 17.0. The zero-order valence-electron chi connectivity index (χ0n) is 17.2. The molecule has 0 unspecified atom stereocenters. The third-order valence-corrected chi connectivity index (χ3v) is 5.54. The second-order valence-corrected chi connectivity index (χ2v) is 8.62. The number of hydrogen-bond acceptors (Lipinski definition) is 4.